The standard InChI is InChI=1S/C17H29N3O/c1-5-6-13-21-16-9-7-15(8-10-16)11-12-19-17(18-4)20-14(2)3/h7-10,14H,5-6,11-13H2,1-4H3,(H2,18,19,20). The van der Waals surface area contributed by atoms with Crippen LogP contribution < -0.4 is 15.4 Å². The van der Waals surface area contributed by atoms with E-state index in [1.54, 1.807) is 7.05 Å². The van der Waals surface area contributed by atoms with Gasteiger partial charge < -0.3 is 15.4 Å². The van der Waals surface area contributed by atoms with Crippen molar-refractivity contribution in [2.75, 3.05) is 20.2 Å². The normalized spacial score (nSPS) is 11.6. The van der Waals surface area contributed by atoms with Crippen molar-refractivity contribution in [3.8, 4) is 5.75 Å². The summed E-state index contributed by atoms with van der Waals surface area (Å²) in [5, 5.41) is 6.59. The summed E-state index contributed by atoms with van der Waals surface area (Å²) in [6, 6.07) is 8.73. The van der Waals surface area contributed by atoms with Gasteiger partial charge in [0.2, 0.25) is 0 Å². The second-order valence-electron chi connectivity index (χ2n) is 5.39. The van der Waals surface area contributed by atoms with E-state index in [2.05, 4.69) is 48.5 Å². The van der Waals surface area contributed by atoms with Crippen LogP contribution in [0.5, 0.6) is 5.75 Å². The highest BCUT2D eigenvalue weighted by Crippen LogP contribution is 2.12. The molecule has 0 atom stereocenters. The lowest BCUT2D eigenvalue weighted by Gasteiger charge is -2.14. The number of benzene rings is 1. The van der Waals surface area contributed by atoms with Crippen LogP contribution in [0.15, 0.2) is 29.3 Å². The predicted molar refractivity (Wildman–Crippen MR) is 90.2 cm³/mol. The van der Waals surface area contributed by atoms with Gasteiger partial charge in [-0.05, 0) is 44.4 Å². The lowest BCUT2D eigenvalue weighted by Crippen LogP contribution is -2.41. The SMILES string of the molecule is CCCCOc1ccc(CCNC(=NC)NC(C)C)cc1. The van der Waals surface area contributed by atoms with Gasteiger partial charge in [0.15, 0.2) is 5.96 Å². The molecular formula is C17H29N3O. The van der Waals surface area contributed by atoms with Crippen molar-refractivity contribution in [1.29, 1.82) is 0 Å². The topological polar surface area (TPSA) is 45.6 Å². The van der Waals surface area contributed by atoms with Crippen LogP contribution in [0.1, 0.15) is 39.2 Å². The first-order chi connectivity index (χ1) is 10.2. The Morgan fingerprint density at radius 1 is 1.24 bits per heavy atom. The number of aliphatic imine (C=N–C) groups is 1. The number of unbranched alkanes of at least 4 members (excludes halogenated alkanes) is 1. The second kappa shape index (κ2) is 10.1. The van der Waals surface area contributed by atoms with Crippen molar-refractivity contribution in [2.24, 2.45) is 4.99 Å². The smallest absolute Gasteiger partial charge is 0.191 e. The van der Waals surface area contributed by atoms with Crippen LogP contribution >= 0.6 is 0 Å². The number of rotatable bonds is 8. The Hall–Kier alpha value is -1.71. The minimum Gasteiger partial charge on any atom is -0.494 e. The molecule has 1 aromatic rings. The Kier molecular flexibility index (Phi) is 8.32. The van der Waals surface area contributed by atoms with Crippen LogP contribution in [-0.4, -0.2) is 32.2 Å². The molecule has 0 radical (unpaired) electrons. The van der Waals surface area contributed by atoms with Crippen molar-refractivity contribution in [3.63, 3.8) is 0 Å². The molecule has 0 aliphatic heterocycles. The van der Waals surface area contributed by atoms with Crippen molar-refractivity contribution in [1.82, 2.24) is 10.6 Å². The number of ether oxygens (including phenoxy) is 1. The molecule has 0 saturated heterocycles. The molecule has 0 spiro atoms. The highest BCUT2D eigenvalue weighted by Gasteiger charge is 2.00. The second-order valence-corrected chi connectivity index (χ2v) is 5.39. The van der Waals surface area contributed by atoms with E-state index in [0.29, 0.717) is 6.04 Å². The van der Waals surface area contributed by atoms with E-state index < -0.39 is 0 Å². The fourth-order valence-electron chi connectivity index (χ4n) is 1.88. The van der Waals surface area contributed by atoms with Crippen molar-refractivity contribution in [2.45, 2.75) is 46.1 Å². The molecule has 118 valence electrons. The Balaban J connectivity index is 2.32. The van der Waals surface area contributed by atoms with Gasteiger partial charge in [0, 0.05) is 19.6 Å². The molecular weight excluding hydrogens is 262 g/mol. The Morgan fingerprint density at radius 3 is 2.52 bits per heavy atom. The van der Waals surface area contributed by atoms with E-state index in [1.807, 2.05) is 12.1 Å². The maximum atomic E-state index is 5.66. The molecule has 0 bridgehead atoms. The third-order valence-corrected chi connectivity index (χ3v) is 3.05. The molecule has 0 unspecified atom stereocenters. The van der Waals surface area contributed by atoms with E-state index >= 15 is 0 Å². The number of guanidine groups is 1. The van der Waals surface area contributed by atoms with Crippen LogP contribution in [0, 0.1) is 0 Å². The van der Waals surface area contributed by atoms with Crippen LogP contribution in [0.2, 0.25) is 0 Å². The van der Waals surface area contributed by atoms with E-state index in [-0.39, 0.29) is 0 Å². The highest BCUT2D eigenvalue weighted by molar-refractivity contribution is 5.79. The zero-order chi connectivity index (χ0) is 15.5. The number of hydrogen-bond donors (Lipinski definition) is 2. The van der Waals surface area contributed by atoms with Crippen LogP contribution in [0.3, 0.4) is 0 Å². The summed E-state index contributed by atoms with van der Waals surface area (Å²) >= 11 is 0. The fraction of sp³-hybridized carbons (Fsp3) is 0.588. The molecule has 1 aromatic carbocycles. The zero-order valence-corrected chi connectivity index (χ0v) is 13.8. The number of nitrogens with zero attached hydrogens (tertiary/aromatic N) is 1. The predicted octanol–water partition coefficient (Wildman–Crippen LogP) is 2.98. The van der Waals surface area contributed by atoms with Gasteiger partial charge in [-0.1, -0.05) is 25.5 Å². The average molecular weight is 291 g/mol. The molecule has 0 aliphatic carbocycles. The third-order valence-electron chi connectivity index (χ3n) is 3.05. The molecule has 0 aromatic heterocycles. The summed E-state index contributed by atoms with van der Waals surface area (Å²) in [7, 11) is 1.79. The van der Waals surface area contributed by atoms with Gasteiger partial charge in [0.05, 0.1) is 6.61 Å². The molecule has 1 rings (SSSR count). The van der Waals surface area contributed by atoms with E-state index in [9.17, 15) is 0 Å². The van der Waals surface area contributed by atoms with Gasteiger partial charge in [0.1, 0.15) is 5.75 Å². The summed E-state index contributed by atoms with van der Waals surface area (Å²) in [5.74, 6) is 1.81. The minimum atomic E-state index is 0.385. The lowest BCUT2D eigenvalue weighted by atomic mass is 10.1. The quantitative estimate of drug-likeness (QED) is 0.440. The van der Waals surface area contributed by atoms with Crippen LogP contribution in [0.4, 0.5) is 0 Å². The maximum Gasteiger partial charge on any atom is 0.191 e. The summed E-state index contributed by atoms with van der Waals surface area (Å²) in [6.45, 7) is 8.03. The summed E-state index contributed by atoms with van der Waals surface area (Å²) in [6.07, 6.45) is 3.23. The first-order valence-corrected chi connectivity index (χ1v) is 7.84. The molecule has 2 N–H and O–H groups in total. The average Bonchev–Trinajstić information content (AvgIpc) is 2.47. The monoisotopic (exact) mass is 291 g/mol. The maximum absolute atomic E-state index is 5.66. The third kappa shape index (κ3) is 7.59. The molecule has 0 fully saturated rings. The summed E-state index contributed by atoms with van der Waals surface area (Å²) < 4.78 is 5.66. The van der Waals surface area contributed by atoms with Crippen LogP contribution in [0.25, 0.3) is 0 Å². The molecule has 0 saturated carbocycles. The van der Waals surface area contributed by atoms with Gasteiger partial charge >= 0.3 is 0 Å². The Bertz CT molecular complexity index is 413. The number of nitrogens with one attached hydrogen (secondary N) is 2. The Morgan fingerprint density at radius 2 is 1.95 bits per heavy atom. The van der Waals surface area contributed by atoms with Gasteiger partial charge in [-0.25, -0.2) is 0 Å². The van der Waals surface area contributed by atoms with Gasteiger partial charge in [-0.15, -0.1) is 0 Å². The summed E-state index contributed by atoms with van der Waals surface area (Å²) in [5.41, 5.74) is 1.30. The zero-order valence-electron chi connectivity index (χ0n) is 13.8. The molecule has 21 heavy (non-hydrogen) atoms. The lowest BCUT2D eigenvalue weighted by molar-refractivity contribution is 0.309. The van der Waals surface area contributed by atoms with Crippen molar-refractivity contribution in [3.05, 3.63) is 29.8 Å². The molecule has 0 aliphatic rings. The summed E-state index contributed by atoms with van der Waals surface area (Å²) in [4.78, 5) is 4.19. The fourth-order valence-corrected chi connectivity index (χ4v) is 1.88. The molecule has 4 heteroatoms. The molecule has 0 amide bonds. The van der Waals surface area contributed by atoms with E-state index in [4.69, 9.17) is 4.74 Å². The van der Waals surface area contributed by atoms with Gasteiger partial charge in [-0.2, -0.15) is 0 Å². The van der Waals surface area contributed by atoms with Crippen LogP contribution in [-0.2, 0) is 6.42 Å². The van der Waals surface area contributed by atoms with E-state index in [0.717, 1.165) is 44.1 Å². The first kappa shape index (κ1) is 17.3. The van der Waals surface area contributed by atoms with Gasteiger partial charge in [0.25, 0.3) is 0 Å². The largest absolute Gasteiger partial charge is 0.494 e. The van der Waals surface area contributed by atoms with Crippen molar-refractivity contribution < 1.29 is 4.74 Å². The molecule has 4 nitrogen and oxygen atoms in total. The van der Waals surface area contributed by atoms with E-state index in [1.165, 1.54) is 5.56 Å². The van der Waals surface area contributed by atoms with Gasteiger partial charge in [-0.3, -0.25) is 4.99 Å². The molecule has 0 heterocycles. The highest BCUT2D eigenvalue weighted by atomic mass is 16.5. The van der Waals surface area contributed by atoms with Crippen molar-refractivity contribution >= 4 is 5.96 Å². The Labute approximate surface area is 129 Å². The number of hydrogen-bond acceptors (Lipinski definition) is 2. The minimum absolute atomic E-state index is 0.385. The first-order valence-electron chi connectivity index (χ1n) is 7.84.